The average molecular weight is 401 g/mol. The van der Waals surface area contributed by atoms with E-state index in [0.717, 1.165) is 29.4 Å². The summed E-state index contributed by atoms with van der Waals surface area (Å²) in [6, 6.07) is 14.0. The van der Waals surface area contributed by atoms with E-state index in [1.807, 2.05) is 36.6 Å². The molecular weight excluding hydrogens is 380 g/mol. The van der Waals surface area contributed by atoms with E-state index in [1.165, 1.54) is 11.3 Å². The van der Waals surface area contributed by atoms with Crippen molar-refractivity contribution < 1.29 is 8.42 Å². The summed E-state index contributed by atoms with van der Waals surface area (Å²) in [5, 5.41) is 5.95. The molecule has 1 fully saturated rings. The second-order valence-electron chi connectivity index (χ2n) is 6.45. The highest BCUT2D eigenvalue weighted by Crippen LogP contribution is 2.36. The van der Waals surface area contributed by atoms with Gasteiger partial charge in [0.25, 0.3) is 0 Å². The molecule has 4 rings (SSSR count). The Bertz CT molecular complexity index is 1030. The topological polar surface area (TPSA) is 75.2 Å². The highest BCUT2D eigenvalue weighted by atomic mass is 32.2. The standard InChI is InChI=1S/C19H20N4O2S2/c1-14-13-26-19(20-14)22-18-11-5-9-16(21-18)17-10-6-12-23(17)27(24,25)15-7-3-2-4-8-15/h2-5,7-9,11,13,17H,6,10,12H2,1H3,(H,20,21,22). The molecular formula is C19H20N4O2S2. The van der Waals surface area contributed by atoms with Crippen molar-refractivity contribution in [2.24, 2.45) is 0 Å². The van der Waals surface area contributed by atoms with Crippen molar-refractivity contribution >= 4 is 32.3 Å². The van der Waals surface area contributed by atoms with Crippen LogP contribution in [0, 0.1) is 6.92 Å². The number of hydrogen-bond donors (Lipinski definition) is 1. The van der Waals surface area contributed by atoms with Crippen LogP contribution in [-0.4, -0.2) is 29.2 Å². The zero-order chi connectivity index (χ0) is 18.9. The Morgan fingerprint density at radius 2 is 1.93 bits per heavy atom. The Morgan fingerprint density at radius 1 is 1.11 bits per heavy atom. The summed E-state index contributed by atoms with van der Waals surface area (Å²) in [4.78, 5) is 9.38. The number of rotatable bonds is 5. The minimum atomic E-state index is -3.54. The first-order valence-electron chi connectivity index (χ1n) is 8.77. The molecule has 0 radical (unpaired) electrons. The first-order valence-corrected chi connectivity index (χ1v) is 11.1. The molecule has 1 aliphatic heterocycles. The smallest absolute Gasteiger partial charge is 0.243 e. The van der Waals surface area contributed by atoms with Gasteiger partial charge >= 0.3 is 0 Å². The SMILES string of the molecule is Cc1csc(Nc2cccc(C3CCCN3S(=O)(=O)c3ccccc3)n2)n1. The third kappa shape index (κ3) is 3.73. The highest BCUT2D eigenvalue weighted by molar-refractivity contribution is 7.89. The monoisotopic (exact) mass is 400 g/mol. The van der Waals surface area contributed by atoms with Crippen LogP contribution in [0.25, 0.3) is 0 Å². The first-order chi connectivity index (χ1) is 13.0. The lowest BCUT2D eigenvalue weighted by molar-refractivity contribution is 0.391. The van der Waals surface area contributed by atoms with E-state index in [4.69, 9.17) is 0 Å². The van der Waals surface area contributed by atoms with Crippen LogP contribution in [0.3, 0.4) is 0 Å². The lowest BCUT2D eigenvalue weighted by atomic mass is 10.1. The molecule has 1 N–H and O–H groups in total. The second-order valence-corrected chi connectivity index (χ2v) is 9.20. The number of pyridine rings is 1. The molecule has 1 saturated heterocycles. The molecule has 3 aromatic rings. The van der Waals surface area contributed by atoms with Crippen molar-refractivity contribution in [2.45, 2.75) is 30.7 Å². The Hall–Kier alpha value is -2.29. The minimum absolute atomic E-state index is 0.255. The van der Waals surface area contributed by atoms with Gasteiger partial charge in [-0.1, -0.05) is 24.3 Å². The largest absolute Gasteiger partial charge is 0.316 e. The van der Waals surface area contributed by atoms with Crippen LogP contribution < -0.4 is 5.32 Å². The molecule has 1 aliphatic rings. The molecule has 0 saturated carbocycles. The fraction of sp³-hybridized carbons (Fsp3) is 0.263. The molecule has 0 amide bonds. The number of aromatic nitrogens is 2. The van der Waals surface area contributed by atoms with Crippen LogP contribution in [-0.2, 0) is 10.0 Å². The Balaban J connectivity index is 1.61. The van der Waals surface area contributed by atoms with Gasteiger partial charge in [0.1, 0.15) is 5.82 Å². The highest BCUT2D eigenvalue weighted by Gasteiger charge is 2.36. The Labute approximate surface area is 163 Å². The first kappa shape index (κ1) is 18.1. The summed E-state index contributed by atoms with van der Waals surface area (Å²) >= 11 is 1.52. The van der Waals surface area contributed by atoms with Crippen molar-refractivity contribution in [3.63, 3.8) is 0 Å². The van der Waals surface area contributed by atoms with Gasteiger partial charge in [-0.05, 0) is 44.0 Å². The third-order valence-electron chi connectivity index (χ3n) is 4.52. The lowest BCUT2D eigenvalue weighted by Gasteiger charge is -2.24. The number of sulfonamides is 1. The van der Waals surface area contributed by atoms with Crippen LogP contribution in [0.2, 0.25) is 0 Å². The molecule has 1 atom stereocenters. The maximum atomic E-state index is 13.1. The predicted molar refractivity (Wildman–Crippen MR) is 107 cm³/mol. The maximum Gasteiger partial charge on any atom is 0.243 e. The number of aryl methyl sites for hydroxylation is 1. The van der Waals surface area contributed by atoms with Gasteiger partial charge in [0.2, 0.25) is 10.0 Å². The Morgan fingerprint density at radius 3 is 2.67 bits per heavy atom. The van der Waals surface area contributed by atoms with E-state index < -0.39 is 10.0 Å². The molecule has 0 bridgehead atoms. The zero-order valence-electron chi connectivity index (χ0n) is 14.9. The molecule has 0 aliphatic carbocycles. The number of benzene rings is 1. The lowest BCUT2D eigenvalue weighted by Crippen LogP contribution is -2.31. The second kappa shape index (κ2) is 7.38. The quantitative estimate of drug-likeness (QED) is 0.697. The molecule has 1 unspecified atom stereocenters. The minimum Gasteiger partial charge on any atom is -0.316 e. The van der Waals surface area contributed by atoms with Crippen LogP contribution in [0.5, 0.6) is 0 Å². The summed E-state index contributed by atoms with van der Waals surface area (Å²) in [6.45, 7) is 2.45. The Kier molecular flexibility index (Phi) is 4.94. The van der Waals surface area contributed by atoms with Gasteiger partial charge in [0, 0.05) is 11.9 Å². The molecule has 140 valence electrons. The van der Waals surface area contributed by atoms with Crippen molar-refractivity contribution in [1.82, 2.24) is 14.3 Å². The number of hydrogen-bond acceptors (Lipinski definition) is 6. The van der Waals surface area contributed by atoms with E-state index >= 15 is 0 Å². The van der Waals surface area contributed by atoms with Gasteiger partial charge < -0.3 is 5.32 Å². The summed E-state index contributed by atoms with van der Waals surface area (Å²) in [5.74, 6) is 0.672. The molecule has 1 aromatic carbocycles. The van der Waals surface area contributed by atoms with Gasteiger partial charge in [-0.15, -0.1) is 11.3 Å². The number of thiazole rings is 1. The number of nitrogens with one attached hydrogen (secondary N) is 1. The van der Waals surface area contributed by atoms with Gasteiger partial charge in [-0.2, -0.15) is 4.31 Å². The van der Waals surface area contributed by atoms with Crippen molar-refractivity contribution in [1.29, 1.82) is 0 Å². The molecule has 3 heterocycles. The van der Waals surface area contributed by atoms with Crippen molar-refractivity contribution in [2.75, 3.05) is 11.9 Å². The molecule has 0 spiro atoms. The van der Waals surface area contributed by atoms with Gasteiger partial charge in [-0.25, -0.2) is 18.4 Å². The van der Waals surface area contributed by atoms with E-state index in [9.17, 15) is 8.42 Å². The van der Waals surface area contributed by atoms with Crippen LogP contribution >= 0.6 is 11.3 Å². The maximum absolute atomic E-state index is 13.1. The third-order valence-corrected chi connectivity index (χ3v) is 7.32. The fourth-order valence-electron chi connectivity index (χ4n) is 3.28. The van der Waals surface area contributed by atoms with E-state index in [2.05, 4.69) is 15.3 Å². The summed E-state index contributed by atoms with van der Waals surface area (Å²) in [5.41, 5.74) is 1.71. The van der Waals surface area contributed by atoms with Gasteiger partial charge in [0.15, 0.2) is 5.13 Å². The summed E-state index contributed by atoms with van der Waals surface area (Å²) in [6.07, 6.45) is 1.58. The van der Waals surface area contributed by atoms with Crippen LogP contribution in [0.15, 0.2) is 58.8 Å². The summed E-state index contributed by atoms with van der Waals surface area (Å²) in [7, 11) is -3.54. The predicted octanol–water partition coefficient (Wildman–Crippen LogP) is 4.12. The fourth-order valence-corrected chi connectivity index (χ4v) is 5.66. The van der Waals surface area contributed by atoms with Crippen LogP contribution in [0.1, 0.15) is 30.3 Å². The van der Waals surface area contributed by atoms with Crippen molar-refractivity contribution in [3.8, 4) is 0 Å². The van der Waals surface area contributed by atoms with Crippen molar-refractivity contribution in [3.05, 3.63) is 65.3 Å². The molecule has 2 aromatic heterocycles. The van der Waals surface area contributed by atoms with Gasteiger partial charge in [-0.3, -0.25) is 0 Å². The van der Waals surface area contributed by atoms with E-state index in [-0.39, 0.29) is 6.04 Å². The van der Waals surface area contributed by atoms with Gasteiger partial charge in [0.05, 0.1) is 22.3 Å². The zero-order valence-corrected chi connectivity index (χ0v) is 16.5. The molecule has 6 nitrogen and oxygen atoms in total. The van der Waals surface area contributed by atoms with E-state index in [1.54, 1.807) is 28.6 Å². The number of anilines is 2. The molecule has 8 heteroatoms. The normalized spacial score (nSPS) is 17.9. The van der Waals surface area contributed by atoms with Crippen LogP contribution in [0.4, 0.5) is 10.9 Å². The number of nitrogens with zero attached hydrogens (tertiary/aromatic N) is 3. The summed E-state index contributed by atoms with van der Waals surface area (Å²) < 4.78 is 27.7. The van der Waals surface area contributed by atoms with E-state index in [0.29, 0.717) is 17.3 Å². The molecule has 27 heavy (non-hydrogen) atoms. The average Bonchev–Trinajstić information content (AvgIpc) is 3.32.